The van der Waals surface area contributed by atoms with Crippen molar-refractivity contribution in [3.8, 4) is 0 Å². The summed E-state index contributed by atoms with van der Waals surface area (Å²) in [4.78, 5) is 169. The molecule has 124 heavy (non-hydrogen) atoms. The highest BCUT2D eigenvalue weighted by molar-refractivity contribution is 8.76. The molecule has 11 amide bonds. The molecule has 21 unspecified atom stereocenters. The number of hydrogen-bond donors (Lipinski definition) is 13. The third-order valence-electron chi connectivity index (χ3n) is 28.2. The SMILES string of the molecule is CC(C)CCCC(C)C1CCC2C3CC=C4C[C@@H](OC(=O)NCCCCC5NC(=O)C(CC6=CNC7C=CC=CC67)NC(=O)C(Cc6ccccc6)NC(=O)C(NC(=O)C(Cc6ccccc6)NC(=O)C6CCCN6C(=O)C6CCCN6C(=O)C6=CN(C)C=CC6)CSSCC(C(=O)NC(CO)C(C)O)NC(=O)C(C(C)O)NC5=O)CCC4(C)C3CCC12C. The molecule has 0 aromatic heterocycles. The summed E-state index contributed by atoms with van der Waals surface area (Å²) in [5, 5.41) is 61.0. The minimum atomic E-state index is -1.79. The van der Waals surface area contributed by atoms with E-state index in [1.165, 1.54) is 69.3 Å². The molecule has 12 rings (SSSR count). The molecule has 30 heteroatoms. The molecule has 13 N–H and O–H groups in total. The van der Waals surface area contributed by atoms with Gasteiger partial charge in [0.2, 0.25) is 53.2 Å². The van der Waals surface area contributed by atoms with Gasteiger partial charge in [0.05, 0.1) is 30.9 Å². The summed E-state index contributed by atoms with van der Waals surface area (Å²) in [7, 11) is 3.75. The van der Waals surface area contributed by atoms with Crippen molar-refractivity contribution in [1.82, 2.24) is 67.9 Å². The highest BCUT2D eigenvalue weighted by atomic mass is 33.1. The van der Waals surface area contributed by atoms with Crippen molar-refractivity contribution < 1.29 is 72.8 Å². The van der Waals surface area contributed by atoms with Gasteiger partial charge in [-0.15, -0.1) is 0 Å². The van der Waals surface area contributed by atoms with Crippen LogP contribution in [0, 0.1) is 52.3 Å². The molecule has 6 fully saturated rings. The minimum absolute atomic E-state index is 0.0468. The van der Waals surface area contributed by atoms with Crippen molar-refractivity contribution in [3.05, 3.63) is 144 Å². The molecular formula is C94H133N13O15S2. The first-order chi connectivity index (χ1) is 59.5. The molecule has 28 nitrogen and oxygen atoms in total. The zero-order chi connectivity index (χ0) is 88.5. The maximum absolute atomic E-state index is 15.6. The Morgan fingerprint density at radius 3 is 2.09 bits per heavy atom. The van der Waals surface area contributed by atoms with E-state index in [1.54, 1.807) is 82.9 Å². The summed E-state index contributed by atoms with van der Waals surface area (Å²) in [5.41, 5.74) is 4.26. The molecule has 0 radical (unpaired) electrons. The second-order valence-corrected chi connectivity index (χ2v) is 39.8. The number of fused-ring (bicyclic) bond motifs is 6. The van der Waals surface area contributed by atoms with Crippen LogP contribution in [0.3, 0.4) is 0 Å². The number of rotatable bonds is 28. The van der Waals surface area contributed by atoms with Crippen molar-refractivity contribution in [3.63, 3.8) is 0 Å². The number of aliphatic hydroxyl groups is 3. The van der Waals surface area contributed by atoms with E-state index in [4.69, 9.17) is 4.74 Å². The number of carbonyl (C=O) groups excluding carboxylic acids is 11. The molecule has 0 spiro atoms. The molecule has 5 aliphatic heterocycles. The predicted octanol–water partition coefficient (Wildman–Crippen LogP) is 7.51. The van der Waals surface area contributed by atoms with Crippen LogP contribution in [0.4, 0.5) is 4.79 Å². The number of alkyl carbamates (subject to hydrolysis) is 1. The third kappa shape index (κ3) is 23.4. The van der Waals surface area contributed by atoms with Crippen molar-refractivity contribution in [1.29, 1.82) is 0 Å². The Morgan fingerprint density at radius 1 is 0.685 bits per heavy atom. The van der Waals surface area contributed by atoms with Gasteiger partial charge in [0.15, 0.2) is 0 Å². The van der Waals surface area contributed by atoms with Gasteiger partial charge in [0.25, 0.3) is 5.91 Å². The van der Waals surface area contributed by atoms with Gasteiger partial charge in [-0.25, -0.2) is 4.79 Å². The van der Waals surface area contributed by atoms with Crippen LogP contribution in [0.15, 0.2) is 132 Å². The lowest BCUT2D eigenvalue weighted by molar-refractivity contribution is -0.146. The average molecular weight is 1750 g/mol. The van der Waals surface area contributed by atoms with Crippen molar-refractivity contribution in [2.45, 2.75) is 274 Å². The summed E-state index contributed by atoms with van der Waals surface area (Å²) in [6.07, 6.45) is 28.1. The van der Waals surface area contributed by atoms with Crippen LogP contribution >= 0.6 is 21.6 Å². The number of ether oxygens (including phenoxy) is 1. The number of aliphatic hydroxyl groups excluding tert-OH is 3. The minimum Gasteiger partial charge on any atom is -0.446 e. The molecule has 676 valence electrons. The van der Waals surface area contributed by atoms with Crippen LogP contribution in [-0.4, -0.2) is 225 Å². The highest BCUT2D eigenvalue weighted by Gasteiger charge is 2.60. The number of nitrogens with zero attached hydrogens (tertiary/aromatic N) is 3. The van der Waals surface area contributed by atoms with Gasteiger partial charge in [0.1, 0.15) is 60.5 Å². The van der Waals surface area contributed by atoms with Gasteiger partial charge < -0.3 is 87.9 Å². The van der Waals surface area contributed by atoms with Gasteiger partial charge in [-0.2, -0.15) is 0 Å². The Bertz CT molecular complexity index is 4310. The summed E-state index contributed by atoms with van der Waals surface area (Å²) in [5.74, 6) is -4.26. The van der Waals surface area contributed by atoms with Crippen molar-refractivity contribution in [2.75, 3.05) is 44.8 Å². The summed E-state index contributed by atoms with van der Waals surface area (Å²) < 4.78 is 6.19. The molecule has 5 aliphatic carbocycles. The van der Waals surface area contributed by atoms with Gasteiger partial charge >= 0.3 is 6.09 Å². The average Bonchev–Trinajstić information content (AvgIpc) is 1.45. The Hall–Kier alpha value is -8.97. The summed E-state index contributed by atoms with van der Waals surface area (Å²) in [6, 6.07) is 3.62. The Morgan fingerprint density at radius 2 is 1.37 bits per heavy atom. The molecule has 3 saturated heterocycles. The van der Waals surface area contributed by atoms with E-state index in [1.807, 2.05) is 43.6 Å². The van der Waals surface area contributed by atoms with E-state index in [9.17, 15) is 44.1 Å². The van der Waals surface area contributed by atoms with E-state index in [2.05, 4.69) is 93.9 Å². The largest absolute Gasteiger partial charge is 0.446 e. The quantitative estimate of drug-likeness (QED) is 0.0223. The lowest BCUT2D eigenvalue weighted by Gasteiger charge is -2.58. The number of unbranched alkanes of at least 4 members (excludes halogenated alkanes) is 1. The zero-order valence-electron chi connectivity index (χ0n) is 73.3. The van der Waals surface area contributed by atoms with Crippen molar-refractivity contribution in [2.24, 2.45) is 52.3 Å². The molecule has 10 aliphatic rings. The topological polar surface area (TPSA) is 388 Å². The molecule has 2 aromatic carbocycles. The van der Waals surface area contributed by atoms with Crippen LogP contribution in [-0.2, 0) is 65.5 Å². The zero-order valence-corrected chi connectivity index (χ0v) is 74.9. The number of amides is 11. The first-order valence-corrected chi connectivity index (χ1v) is 47.9. The van der Waals surface area contributed by atoms with Crippen LogP contribution < -0.4 is 53.2 Å². The van der Waals surface area contributed by atoms with E-state index in [0.717, 1.165) is 64.5 Å². The molecule has 22 atom stereocenters. The molecule has 2 aromatic rings. The third-order valence-corrected chi connectivity index (χ3v) is 30.6. The normalized spacial score (nSPS) is 31.0. The number of carbonyl (C=O) groups is 11. The highest BCUT2D eigenvalue weighted by Crippen LogP contribution is 2.67. The maximum Gasteiger partial charge on any atom is 0.407 e. The van der Waals surface area contributed by atoms with Crippen LogP contribution in [0.5, 0.6) is 0 Å². The van der Waals surface area contributed by atoms with Crippen LogP contribution in [0.25, 0.3) is 0 Å². The second kappa shape index (κ2) is 43.5. The smallest absolute Gasteiger partial charge is 0.407 e. The predicted molar refractivity (Wildman–Crippen MR) is 477 cm³/mol. The van der Waals surface area contributed by atoms with E-state index in [0.29, 0.717) is 78.2 Å². The summed E-state index contributed by atoms with van der Waals surface area (Å²) >= 11 is 0. The number of hydrogen-bond acceptors (Lipinski definition) is 19. The lowest BCUT2D eigenvalue weighted by atomic mass is 9.47. The number of allylic oxidation sites excluding steroid dienone is 4. The molecule has 3 saturated carbocycles. The van der Waals surface area contributed by atoms with Crippen molar-refractivity contribution >= 4 is 86.8 Å². The van der Waals surface area contributed by atoms with Gasteiger partial charge in [-0.3, -0.25) is 47.9 Å². The Kier molecular flexibility index (Phi) is 33.0. The number of likely N-dealkylation sites (tertiary alicyclic amines) is 2. The van der Waals surface area contributed by atoms with Gasteiger partial charge in [-0.1, -0.05) is 178 Å². The summed E-state index contributed by atoms with van der Waals surface area (Å²) in [6.45, 7) is 14.8. The fourth-order valence-electron chi connectivity index (χ4n) is 21.3. The van der Waals surface area contributed by atoms with E-state index in [-0.39, 0.29) is 105 Å². The standard InChI is InChI=1S/C94H133N13O15S2/c1-56(2)23-19-24-57(3)68-37-38-69-67-36-35-64-50-65(39-41-93(64,6)70(67)40-42-94(68,69)7)122-92(121)95-43-18-17-32-72-82(111)104-81(59(5)110)89(118)103-78(87(116)101-76(53-108)58(4)109)55-124-123-54-77(86(115)98-73(47-60-25-11-9-12-26-60)83(112)99-75(85(114)97-72)49-63-51-96-71-31-16-15-30-66(63)71)102-84(113)74(48-61-27-13-10-14-28-61)100-88(117)79-33-21-45-106(79)91(120)80-34-22-46-107(80)90(119)62-29-20-44-105(8)52-62/h9-16,20,25-28,30-31,35,44,51-52,56-59,65-81,96,108-110H,17-19,21-24,29,32-34,36-43,45-50,53-55H2,1-8H3,(H,95,121)(H,97,114)(H,98,115)(H,99,112)(H,100,117)(H,101,116)(H,102,113)(H,103,118)(H,104,111)/t57?,58?,59?,65-,66?,67?,68?,69?,70?,71?,72?,73?,74?,75?,76?,77?,78?,79?,80?,81?,93?,94?/m0/s1. The van der Waals surface area contributed by atoms with Gasteiger partial charge in [0, 0.05) is 75.1 Å². The second-order valence-electron chi connectivity index (χ2n) is 37.2. The Balaban J connectivity index is 0.779. The number of nitrogens with one attached hydrogen (secondary N) is 10. The maximum atomic E-state index is 15.6. The molecule has 0 bridgehead atoms. The van der Waals surface area contributed by atoms with Crippen LogP contribution in [0.2, 0.25) is 0 Å². The first kappa shape index (κ1) is 94.2. The monoisotopic (exact) mass is 1750 g/mol. The molecule has 5 heterocycles. The van der Waals surface area contributed by atoms with Gasteiger partial charge in [-0.05, 0) is 192 Å². The first-order valence-electron chi connectivity index (χ1n) is 45.4. The Labute approximate surface area is 738 Å². The fourth-order valence-corrected chi connectivity index (χ4v) is 23.6. The lowest BCUT2D eigenvalue weighted by Crippen LogP contribution is -2.62. The fraction of sp³-hybridized carbons (Fsp3) is 0.628. The van der Waals surface area contributed by atoms with Crippen LogP contribution in [0.1, 0.15) is 188 Å². The van der Waals surface area contributed by atoms with E-state index < -0.39 is 133 Å². The van der Waals surface area contributed by atoms with E-state index >= 15 is 24.0 Å². The molecular weight excluding hydrogens is 1620 g/mol. The number of benzene rings is 2.